The van der Waals surface area contributed by atoms with Crippen LogP contribution in [0.4, 0.5) is 19.0 Å². The number of nitrogens with one attached hydrogen (secondary N) is 1. The maximum atomic E-state index is 12.7. The number of halogens is 3. The predicted molar refractivity (Wildman–Crippen MR) is 61.3 cm³/mol. The van der Waals surface area contributed by atoms with Crippen LogP contribution in [0.15, 0.2) is 12.1 Å². The van der Waals surface area contributed by atoms with Crippen LogP contribution in [0, 0.1) is 0 Å². The van der Waals surface area contributed by atoms with Crippen molar-refractivity contribution >= 4 is 11.8 Å². The van der Waals surface area contributed by atoms with Gasteiger partial charge in [-0.05, 0) is 12.1 Å². The zero-order valence-electron chi connectivity index (χ0n) is 9.87. The third-order valence-corrected chi connectivity index (χ3v) is 2.83. The van der Waals surface area contributed by atoms with E-state index in [9.17, 15) is 18.0 Å². The number of pyridine rings is 1. The molecule has 0 saturated carbocycles. The van der Waals surface area contributed by atoms with Crippen LogP contribution in [-0.4, -0.2) is 42.2 Å². The summed E-state index contributed by atoms with van der Waals surface area (Å²) < 4.78 is 38.0. The number of rotatable bonds is 2. The number of hydrogen-bond acceptors (Lipinski definition) is 4. The Labute approximate surface area is 107 Å². The fourth-order valence-corrected chi connectivity index (χ4v) is 1.91. The van der Waals surface area contributed by atoms with E-state index in [1.807, 2.05) is 0 Å². The van der Waals surface area contributed by atoms with Gasteiger partial charge < -0.3 is 15.3 Å². The van der Waals surface area contributed by atoms with Crippen LogP contribution >= 0.6 is 0 Å². The zero-order chi connectivity index (χ0) is 14.0. The molecule has 0 aromatic carbocycles. The highest BCUT2D eigenvalue weighted by Crippen LogP contribution is 2.32. The van der Waals surface area contributed by atoms with Gasteiger partial charge in [0.1, 0.15) is 5.82 Å². The molecule has 1 fully saturated rings. The Hall–Kier alpha value is -1.83. The molecule has 19 heavy (non-hydrogen) atoms. The van der Waals surface area contributed by atoms with Gasteiger partial charge in [-0.15, -0.1) is 0 Å². The molecule has 0 radical (unpaired) electrons. The lowest BCUT2D eigenvalue weighted by Crippen LogP contribution is -2.44. The standard InChI is InChI=1S/C11H12F3N3O2/c12-11(13,14)7-1-2-8(16-9(7)10(18)19)17-5-3-15-4-6-17/h1-2,15H,3-6H2,(H,18,19). The highest BCUT2D eigenvalue weighted by Gasteiger charge is 2.36. The normalized spacial score (nSPS) is 16.5. The smallest absolute Gasteiger partial charge is 0.418 e. The first-order valence-corrected chi connectivity index (χ1v) is 5.67. The van der Waals surface area contributed by atoms with Gasteiger partial charge in [-0.1, -0.05) is 0 Å². The van der Waals surface area contributed by atoms with Gasteiger partial charge in [0.05, 0.1) is 5.56 Å². The van der Waals surface area contributed by atoms with E-state index < -0.39 is 23.4 Å². The van der Waals surface area contributed by atoms with Crippen LogP contribution in [0.25, 0.3) is 0 Å². The summed E-state index contributed by atoms with van der Waals surface area (Å²) in [6, 6.07) is 1.98. The van der Waals surface area contributed by atoms with Crippen molar-refractivity contribution in [2.75, 3.05) is 31.1 Å². The molecule has 8 heteroatoms. The van der Waals surface area contributed by atoms with E-state index in [0.29, 0.717) is 26.2 Å². The van der Waals surface area contributed by atoms with Crippen molar-refractivity contribution in [1.82, 2.24) is 10.3 Å². The van der Waals surface area contributed by atoms with Gasteiger partial charge in [0.2, 0.25) is 0 Å². The lowest BCUT2D eigenvalue weighted by atomic mass is 10.1. The van der Waals surface area contributed by atoms with Crippen molar-refractivity contribution in [1.29, 1.82) is 0 Å². The second-order valence-corrected chi connectivity index (χ2v) is 4.11. The molecule has 104 valence electrons. The molecular formula is C11H12F3N3O2. The zero-order valence-corrected chi connectivity index (χ0v) is 9.87. The number of piperazine rings is 1. The average Bonchev–Trinajstić information content (AvgIpc) is 2.38. The maximum absolute atomic E-state index is 12.7. The number of anilines is 1. The highest BCUT2D eigenvalue weighted by molar-refractivity contribution is 5.88. The van der Waals surface area contributed by atoms with Gasteiger partial charge in [0, 0.05) is 26.2 Å². The molecule has 0 bridgehead atoms. The third-order valence-electron chi connectivity index (χ3n) is 2.83. The number of hydrogen-bond donors (Lipinski definition) is 2. The van der Waals surface area contributed by atoms with E-state index in [1.54, 1.807) is 4.90 Å². The second kappa shape index (κ2) is 5.04. The van der Waals surface area contributed by atoms with Crippen molar-refractivity contribution in [3.8, 4) is 0 Å². The minimum Gasteiger partial charge on any atom is -0.476 e. The summed E-state index contributed by atoms with van der Waals surface area (Å²) >= 11 is 0. The molecule has 1 aliphatic rings. The van der Waals surface area contributed by atoms with Crippen LogP contribution < -0.4 is 10.2 Å². The lowest BCUT2D eigenvalue weighted by Gasteiger charge is -2.28. The first kappa shape index (κ1) is 13.6. The Kier molecular flexibility index (Phi) is 3.61. The van der Waals surface area contributed by atoms with Crippen LogP contribution in [-0.2, 0) is 6.18 Å². The predicted octanol–water partition coefficient (Wildman–Crippen LogP) is 1.21. The van der Waals surface area contributed by atoms with E-state index in [0.717, 1.165) is 6.07 Å². The minimum absolute atomic E-state index is 0.256. The number of carbonyl (C=O) groups is 1. The van der Waals surface area contributed by atoms with Gasteiger partial charge in [0.25, 0.3) is 0 Å². The Bertz CT molecular complexity index is 485. The van der Waals surface area contributed by atoms with Crippen molar-refractivity contribution in [2.45, 2.75) is 6.18 Å². The third kappa shape index (κ3) is 2.95. The van der Waals surface area contributed by atoms with Gasteiger partial charge in [0.15, 0.2) is 5.69 Å². The van der Waals surface area contributed by atoms with Crippen LogP contribution in [0.2, 0.25) is 0 Å². The quantitative estimate of drug-likeness (QED) is 0.849. The summed E-state index contributed by atoms with van der Waals surface area (Å²) in [5.41, 5.74) is -2.18. The van der Waals surface area contributed by atoms with E-state index in [4.69, 9.17) is 5.11 Å². The summed E-state index contributed by atoms with van der Waals surface area (Å²) in [4.78, 5) is 16.3. The van der Waals surface area contributed by atoms with Crippen molar-refractivity contribution in [3.05, 3.63) is 23.4 Å². The fourth-order valence-electron chi connectivity index (χ4n) is 1.91. The van der Waals surface area contributed by atoms with Crippen molar-refractivity contribution < 1.29 is 23.1 Å². The molecule has 0 amide bonds. The Morgan fingerprint density at radius 2 is 1.95 bits per heavy atom. The van der Waals surface area contributed by atoms with Crippen molar-refractivity contribution in [3.63, 3.8) is 0 Å². The maximum Gasteiger partial charge on any atom is 0.418 e. The summed E-state index contributed by atoms with van der Waals surface area (Å²) in [7, 11) is 0. The number of carboxylic acid groups (broad SMARTS) is 1. The molecule has 0 unspecified atom stereocenters. The minimum atomic E-state index is -4.72. The highest BCUT2D eigenvalue weighted by atomic mass is 19.4. The molecule has 2 N–H and O–H groups in total. The number of nitrogens with zero attached hydrogens (tertiary/aromatic N) is 2. The van der Waals surface area contributed by atoms with Gasteiger partial charge in [-0.3, -0.25) is 0 Å². The first-order valence-electron chi connectivity index (χ1n) is 5.67. The van der Waals surface area contributed by atoms with Gasteiger partial charge in [-0.2, -0.15) is 13.2 Å². The number of carboxylic acids is 1. The number of aromatic carboxylic acids is 1. The summed E-state index contributed by atoms with van der Waals surface area (Å²) in [5, 5.41) is 12.0. The van der Waals surface area contributed by atoms with E-state index in [-0.39, 0.29) is 5.82 Å². The Morgan fingerprint density at radius 1 is 1.32 bits per heavy atom. The number of alkyl halides is 3. The largest absolute Gasteiger partial charge is 0.476 e. The van der Waals surface area contributed by atoms with Gasteiger partial charge in [-0.25, -0.2) is 9.78 Å². The molecule has 2 heterocycles. The van der Waals surface area contributed by atoms with E-state index in [1.165, 1.54) is 6.07 Å². The summed E-state index contributed by atoms with van der Waals surface area (Å²) in [6.07, 6.45) is -4.72. The Balaban J connectivity index is 2.38. The van der Waals surface area contributed by atoms with Gasteiger partial charge >= 0.3 is 12.1 Å². The lowest BCUT2D eigenvalue weighted by molar-refractivity contribution is -0.138. The fraction of sp³-hybridized carbons (Fsp3) is 0.455. The van der Waals surface area contributed by atoms with E-state index in [2.05, 4.69) is 10.3 Å². The Morgan fingerprint density at radius 3 is 2.47 bits per heavy atom. The first-order chi connectivity index (χ1) is 8.89. The molecule has 0 aliphatic carbocycles. The second-order valence-electron chi connectivity index (χ2n) is 4.11. The molecule has 1 aliphatic heterocycles. The summed E-state index contributed by atoms with van der Waals surface area (Å²) in [5.74, 6) is -1.42. The summed E-state index contributed by atoms with van der Waals surface area (Å²) in [6.45, 7) is 2.53. The van der Waals surface area contributed by atoms with E-state index >= 15 is 0 Å². The molecule has 1 aromatic rings. The number of aromatic nitrogens is 1. The van der Waals surface area contributed by atoms with Crippen LogP contribution in [0.1, 0.15) is 16.1 Å². The molecule has 0 atom stereocenters. The van der Waals surface area contributed by atoms with Crippen LogP contribution in [0.5, 0.6) is 0 Å². The topological polar surface area (TPSA) is 65.5 Å². The molecule has 2 rings (SSSR count). The SMILES string of the molecule is O=C(O)c1nc(N2CCNCC2)ccc1C(F)(F)F. The molecule has 0 spiro atoms. The van der Waals surface area contributed by atoms with Crippen LogP contribution in [0.3, 0.4) is 0 Å². The molecule has 1 saturated heterocycles. The molecule has 1 aromatic heterocycles. The average molecular weight is 275 g/mol. The monoisotopic (exact) mass is 275 g/mol. The van der Waals surface area contributed by atoms with Crippen molar-refractivity contribution in [2.24, 2.45) is 0 Å². The molecule has 5 nitrogen and oxygen atoms in total. The molecular weight excluding hydrogens is 263 g/mol.